The van der Waals surface area contributed by atoms with E-state index in [1.165, 1.54) is 12.3 Å². The van der Waals surface area contributed by atoms with Gasteiger partial charge < -0.3 is 10.2 Å². The molecule has 1 aliphatic rings. The van der Waals surface area contributed by atoms with Gasteiger partial charge in [-0.2, -0.15) is 5.26 Å². The van der Waals surface area contributed by atoms with E-state index in [0.717, 1.165) is 0 Å². The van der Waals surface area contributed by atoms with Gasteiger partial charge in [-0.05, 0) is 49.2 Å². The standard InChI is InChI=1S/C26H26F2N6O2S/c1-17-22(25(35)31-20-5-3-6-21(15-20)37(2,30)36)24(34-13-4-11-26(27,28)12-14-34)33-32-23(17)19-9-7-18(16-29)8-10-19/h3,5-10,15,30H,4,11-14H2,1-2H3,(H,31,35)/t37-/m1/s1. The van der Waals surface area contributed by atoms with E-state index in [-0.39, 0.29) is 42.1 Å². The molecular formula is C26H26F2N6O2S. The fourth-order valence-corrected chi connectivity index (χ4v) is 4.95. The van der Waals surface area contributed by atoms with Crippen molar-refractivity contribution in [1.82, 2.24) is 10.2 Å². The molecule has 3 aromatic rings. The van der Waals surface area contributed by atoms with Gasteiger partial charge in [-0.3, -0.25) is 4.79 Å². The molecule has 0 aliphatic carbocycles. The fourth-order valence-electron chi connectivity index (χ4n) is 4.26. The van der Waals surface area contributed by atoms with E-state index in [1.807, 2.05) is 0 Å². The first-order valence-corrected chi connectivity index (χ1v) is 13.6. The minimum Gasteiger partial charge on any atom is -0.354 e. The van der Waals surface area contributed by atoms with Crippen LogP contribution in [0.15, 0.2) is 53.4 Å². The summed E-state index contributed by atoms with van der Waals surface area (Å²) in [6.07, 6.45) is 0.935. The van der Waals surface area contributed by atoms with Crippen molar-refractivity contribution in [3.63, 3.8) is 0 Å². The van der Waals surface area contributed by atoms with E-state index >= 15 is 0 Å². The summed E-state index contributed by atoms with van der Waals surface area (Å²) in [4.78, 5) is 15.6. The second-order valence-electron chi connectivity index (χ2n) is 9.08. The zero-order valence-corrected chi connectivity index (χ0v) is 21.2. The number of carbonyl (C=O) groups is 1. The Balaban J connectivity index is 1.78. The third kappa shape index (κ3) is 5.91. The molecular weight excluding hydrogens is 498 g/mol. The van der Waals surface area contributed by atoms with Crippen molar-refractivity contribution < 1.29 is 17.8 Å². The highest BCUT2D eigenvalue weighted by atomic mass is 32.2. The van der Waals surface area contributed by atoms with Crippen molar-refractivity contribution in [2.24, 2.45) is 0 Å². The highest BCUT2D eigenvalue weighted by Crippen LogP contribution is 2.34. The summed E-state index contributed by atoms with van der Waals surface area (Å²) in [6, 6.07) is 15.0. The van der Waals surface area contributed by atoms with Crippen LogP contribution in [0.4, 0.5) is 20.3 Å². The smallest absolute Gasteiger partial charge is 0.259 e. The zero-order valence-electron chi connectivity index (χ0n) is 20.4. The normalized spacial score (nSPS) is 16.8. The highest BCUT2D eigenvalue weighted by molar-refractivity contribution is 7.91. The number of amides is 1. The zero-order chi connectivity index (χ0) is 26.8. The molecule has 1 aliphatic heterocycles. The lowest BCUT2D eigenvalue weighted by molar-refractivity contribution is -0.0102. The molecule has 4 rings (SSSR count). The summed E-state index contributed by atoms with van der Waals surface area (Å²) >= 11 is 0. The average Bonchev–Trinajstić information content (AvgIpc) is 3.03. The number of alkyl halides is 2. The fraction of sp³-hybridized carbons (Fsp3) is 0.308. The van der Waals surface area contributed by atoms with Gasteiger partial charge in [0, 0.05) is 48.3 Å². The molecule has 1 saturated heterocycles. The molecule has 2 N–H and O–H groups in total. The maximum absolute atomic E-state index is 14.1. The number of hydrogen-bond acceptors (Lipinski definition) is 7. The summed E-state index contributed by atoms with van der Waals surface area (Å²) in [5, 5.41) is 20.5. The summed E-state index contributed by atoms with van der Waals surface area (Å²) in [7, 11) is -3.00. The third-order valence-electron chi connectivity index (χ3n) is 6.27. The van der Waals surface area contributed by atoms with Crippen molar-refractivity contribution in [3.05, 3.63) is 65.2 Å². The number of rotatable bonds is 5. The first-order valence-electron chi connectivity index (χ1n) is 11.6. The van der Waals surface area contributed by atoms with Crippen LogP contribution in [0.3, 0.4) is 0 Å². The first kappa shape index (κ1) is 26.2. The molecule has 192 valence electrons. The quantitative estimate of drug-likeness (QED) is 0.471. The molecule has 0 bridgehead atoms. The van der Waals surface area contributed by atoms with Gasteiger partial charge in [0.1, 0.15) is 0 Å². The van der Waals surface area contributed by atoms with Gasteiger partial charge in [0.2, 0.25) is 5.92 Å². The molecule has 1 fully saturated rings. The molecule has 11 heteroatoms. The second-order valence-corrected chi connectivity index (χ2v) is 11.2. The lowest BCUT2D eigenvalue weighted by Gasteiger charge is -2.25. The van der Waals surface area contributed by atoms with Crippen molar-refractivity contribution in [2.45, 2.75) is 37.0 Å². The lowest BCUT2D eigenvalue weighted by Crippen LogP contribution is -2.30. The van der Waals surface area contributed by atoms with Crippen molar-refractivity contribution in [1.29, 1.82) is 10.0 Å². The van der Waals surface area contributed by atoms with Crippen LogP contribution in [0.2, 0.25) is 0 Å². The van der Waals surface area contributed by atoms with E-state index < -0.39 is 21.6 Å². The van der Waals surface area contributed by atoms with Gasteiger partial charge in [-0.25, -0.2) is 17.8 Å². The van der Waals surface area contributed by atoms with Crippen LogP contribution in [0.1, 0.15) is 40.7 Å². The maximum Gasteiger partial charge on any atom is 0.259 e. The minimum absolute atomic E-state index is 0.0177. The second kappa shape index (κ2) is 10.2. The molecule has 1 aromatic heterocycles. The Kier molecular flexibility index (Phi) is 7.23. The lowest BCUT2D eigenvalue weighted by atomic mass is 10.0. The minimum atomic E-state index is -3.00. The monoisotopic (exact) mass is 524 g/mol. The molecule has 1 amide bonds. The highest BCUT2D eigenvalue weighted by Gasteiger charge is 2.34. The SMILES string of the molecule is Cc1c(-c2ccc(C#N)cc2)nnc(N2CCCC(F)(F)CC2)c1C(=O)Nc1cccc([S@](C)(=N)=O)c1. The topological polar surface area (TPSA) is 123 Å². The Morgan fingerprint density at radius 3 is 2.57 bits per heavy atom. The number of hydrogen-bond donors (Lipinski definition) is 2. The van der Waals surface area contributed by atoms with Gasteiger partial charge in [-0.1, -0.05) is 18.2 Å². The molecule has 8 nitrogen and oxygen atoms in total. The van der Waals surface area contributed by atoms with Crippen LogP contribution in [0.5, 0.6) is 0 Å². The van der Waals surface area contributed by atoms with Crippen LogP contribution in [-0.2, 0) is 9.73 Å². The molecule has 2 aromatic carbocycles. The third-order valence-corrected chi connectivity index (χ3v) is 7.43. The predicted octanol–water partition coefficient (Wildman–Crippen LogP) is 5.24. The van der Waals surface area contributed by atoms with Crippen LogP contribution in [0, 0.1) is 23.0 Å². The van der Waals surface area contributed by atoms with E-state index in [0.29, 0.717) is 34.6 Å². The van der Waals surface area contributed by atoms with Crippen LogP contribution in [0.25, 0.3) is 11.3 Å². The number of halogens is 2. The molecule has 2 heterocycles. The van der Waals surface area contributed by atoms with Gasteiger partial charge in [0.05, 0.1) is 32.6 Å². The number of carbonyl (C=O) groups excluding carboxylic acids is 1. The molecule has 0 unspecified atom stereocenters. The van der Waals surface area contributed by atoms with E-state index in [2.05, 4.69) is 21.6 Å². The van der Waals surface area contributed by atoms with Crippen LogP contribution >= 0.6 is 0 Å². The van der Waals surface area contributed by atoms with Gasteiger partial charge in [0.15, 0.2) is 5.82 Å². The van der Waals surface area contributed by atoms with Crippen molar-refractivity contribution in [3.8, 4) is 17.3 Å². The Labute approximate surface area is 214 Å². The number of nitriles is 1. The first-order chi connectivity index (χ1) is 17.5. The molecule has 37 heavy (non-hydrogen) atoms. The Morgan fingerprint density at radius 1 is 1.16 bits per heavy atom. The van der Waals surface area contributed by atoms with E-state index in [1.54, 1.807) is 54.3 Å². The summed E-state index contributed by atoms with van der Waals surface area (Å²) in [6.45, 7) is 2.03. The van der Waals surface area contributed by atoms with Crippen molar-refractivity contribution in [2.75, 3.05) is 29.6 Å². The molecule has 0 saturated carbocycles. The molecule has 0 spiro atoms. The number of aromatic nitrogens is 2. The Bertz CT molecular complexity index is 1480. The van der Waals surface area contributed by atoms with Crippen LogP contribution < -0.4 is 10.2 Å². The number of anilines is 2. The predicted molar refractivity (Wildman–Crippen MR) is 137 cm³/mol. The molecule has 1 atom stereocenters. The number of benzene rings is 2. The van der Waals surface area contributed by atoms with E-state index in [4.69, 9.17) is 10.0 Å². The maximum atomic E-state index is 14.1. The summed E-state index contributed by atoms with van der Waals surface area (Å²) < 4.78 is 48.1. The number of nitrogens with one attached hydrogen (secondary N) is 2. The molecule has 0 radical (unpaired) electrons. The average molecular weight is 525 g/mol. The number of nitrogens with zero attached hydrogens (tertiary/aromatic N) is 4. The van der Waals surface area contributed by atoms with Gasteiger partial charge in [0.25, 0.3) is 5.91 Å². The van der Waals surface area contributed by atoms with E-state index in [9.17, 15) is 17.8 Å². The van der Waals surface area contributed by atoms with Crippen LogP contribution in [-0.4, -0.2) is 45.6 Å². The Morgan fingerprint density at radius 2 is 1.89 bits per heavy atom. The largest absolute Gasteiger partial charge is 0.354 e. The Hall–Kier alpha value is -3.91. The summed E-state index contributed by atoms with van der Waals surface area (Å²) in [5.41, 5.74) is 2.57. The van der Waals surface area contributed by atoms with Gasteiger partial charge in [-0.15, -0.1) is 10.2 Å². The van der Waals surface area contributed by atoms with Crippen molar-refractivity contribution >= 4 is 27.1 Å². The van der Waals surface area contributed by atoms with Gasteiger partial charge >= 0.3 is 0 Å². The summed E-state index contributed by atoms with van der Waals surface area (Å²) in [5.74, 6) is -3.11.